The second-order valence-electron chi connectivity index (χ2n) is 5.37. The molecule has 0 fully saturated rings. The molecule has 0 radical (unpaired) electrons. The smallest absolute Gasteiger partial charge is 0.338 e. The molecule has 0 spiro atoms. The normalized spacial score (nSPS) is 11.1. The van der Waals surface area contributed by atoms with Crippen molar-refractivity contribution in [3.8, 4) is 0 Å². The third-order valence-corrected chi connectivity index (χ3v) is 3.66. The molecule has 0 saturated carbocycles. The lowest BCUT2D eigenvalue weighted by Gasteiger charge is -2.05. The van der Waals surface area contributed by atoms with Crippen LogP contribution in [0, 0.1) is 0 Å². The molecule has 0 aliphatic carbocycles. The molecular weight excluding hydrogens is 250 g/mol. The minimum absolute atomic E-state index is 0.383. The summed E-state index contributed by atoms with van der Waals surface area (Å²) in [5.41, 5.74) is 7.73. The number of benzene rings is 1. The van der Waals surface area contributed by atoms with Crippen molar-refractivity contribution in [3.63, 3.8) is 0 Å². The highest BCUT2D eigenvalue weighted by Gasteiger charge is 2.04. The van der Waals surface area contributed by atoms with Gasteiger partial charge in [-0.15, -0.1) is 0 Å². The quantitative estimate of drug-likeness (QED) is 0.605. The van der Waals surface area contributed by atoms with Gasteiger partial charge in [-0.25, -0.2) is 4.79 Å². The summed E-state index contributed by atoms with van der Waals surface area (Å²) < 4.78 is 5.21. The van der Waals surface area contributed by atoms with E-state index >= 15 is 0 Å². The maximum absolute atomic E-state index is 11.3. The van der Waals surface area contributed by atoms with Gasteiger partial charge in [0, 0.05) is 17.1 Å². The van der Waals surface area contributed by atoms with Crippen LogP contribution in [0.1, 0.15) is 51.0 Å². The monoisotopic (exact) mass is 273 g/mol. The topological polar surface area (TPSA) is 56.2 Å². The van der Waals surface area contributed by atoms with Crippen LogP contribution in [0.4, 0.5) is 5.69 Å². The summed E-state index contributed by atoms with van der Waals surface area (Å²) >= 11 is 0. The highest BCUT2D eigenvalue weighted by Crippen LogP contribution is 2.21. The van der Waals surface area contributed by atoms with Crippen LogP contribution in [0.2, 0.25) is 0 Å². The van der Waals surface area contributed by atoms with Crippen LogP contribution in [0.15, 0.2) is 33.5 Å². The zero-order chi connectivity index (χ0) is 14.4. The van der Waals surface area contributed by atoms with Crippen molar-refractivity contribution >= 4 is 16.7 Å². The second-order valence-corrected chi connectivity index (χ2v) is 5.37. The Balaban J connectivity index is 1.96. The van der Waals surface area contributed by atoms with E-state index in [4.69, 9.17) is 10.2 Å². The number of hydrogen-bond donors (Lipinski definition) is 1. The van der Waals surface area contributed by atoms with Crippen LogP contribution in [-0.2, 0) is 6.42 Å². The fourth-order valence-corrected chi connectivity index (χ4v) is 2.50. The Morgan fingerprint density at radius 1 is 1.05 bits per heavy atom. The van der Waals surface area contributed by atoms with Crippen molar-refractivity contribution in [1.29, 1.82) is 0 Å². The van der Waals surface area contributed by atoms with Gasteiger partial charge in [-0.05, 0) is 30.5 Å². The Bertz CT molecular complexity index is 616. The highest BCUT2D eigenvalue weighted by atomic mass is 16.4. The lowest BCUT2D eigenvalue weighted by molar-refractivity contribution is 0.560. The van der Waals surface area contributed by atoms with Gasteiger partial charge >= 0.3 is 5.63 Å². The third kappa shape index (κ3) is 3.86. The number of unbranched alkanes of at least 4 members (excludes halogenated alkanes) is 5. The first-order chi connectivity index (χ1) is 9.70. The van der Waals surface area contributed by atoms with Crippen molar-refractivity contribution in [3.05, 3.63) is 40.2 Å². The van der Waals surface area contributed by atoms with E-state index < -0.39 is 0 Å². The number of nitrogen functional groups attached to an aromatic ring is 1. The molecule has 0 bridgehead atoms. The number of anilines is 1. The van der Waals surface area contributed by atoms with Gasteiger partial charge in [-0.2, -0.15) is 0 Å². The molecule has 2 N–H and O–H groups in total. The molecule has 0 unspecified atom stereocenters. The van der Waals surface area contributed by atoms with Gasteiger partial charge in [0.25, 0.3) is 0 Å². The average molecular weight is 273 g/mol. The van der Waals surface area contributed by atoms with E-state index in [1.807, 2.05) is 12.1 Å². The Kier molecular flexibility index (Phi) is 5.22. The van der Waals surface area contributed by atoms with Crippen LogP contribution >= 0.6 is 0 Å². The minimum atomic E-state index is -0.383. The average Bonchev–Trinajstić information content (AvgIpc) is 2.42. The Labute approximate surface area is 119 Å². The van der Waals surface area contributed by atoms with Gasteiger partial charge in [-0.3, -0.25) is 0 Å². The van der Waals surface area contributed by atoms with Gasteiger partial charge in [0.15, 0.2) is 0 Å². The van der Waals surface area contributed by atoms with E-state index in [0.29, 0.717) is 11.3 Å². The summed E-state index contributed by atoms with van der Waals surface area (Å²) in [6.45, 7) is 2.23. The number of nitrogens with two attached hydrogens (primary N) is 1. The fourth-order valence-electron chi connectivity index (χ4n) is 2.50. The summed E-state index contributed by atoms with van der Waals surface area (Å²) in [4.78, 5) is 11.3. The van der Waals surface area contributed by atoms with E-state index in [2.05, 4.69) is 13.0 Å². The standard InChI is InChI=1S/C17H23NO2/c1-2-3-4-5-6-7-8-13-9-10-14-15(18)12-17(19)20-16(14)11-13/h9-12H,2-8,18H2,1H3. The van der Waals surface area contributed by atoms with Crippen molar-refractivity contribution in [1.82, 2.24) is 0 Å². The largest absolute Gasteiger partial charge is 0.423 e. The van der Waals surface area contributed by atoms with Crippen LogP contribution in [0.25, 0.3) is 11.0 Å². The van der Waals surface area contributed by atoms with Crippen molar-refractivity contribution in [2.45, 2.75) is 51.9 Å². The van der Waals surface area contributed by atoms with Gasteiger partial charge in [-0.1, -0.05) is 45.1 Å². The van der Waals surface area contributed by atoms with E-state index in [-0.39, 0.29) is 5.63 Å². The molecule has 20 heavy (non-hydrogen) atoms. The molecule has 2 rings (SSSR count). The fraction of sp³-hybridized carbons (Fsp3) is 0.471. The van der Waals surface area contributed by atoms with Gasteiger partial charge in [0.2, 0.25) is 0 Å². The van der Waals surface area contributed by atoms with Gasteiger partial charge in [0.1, 0.15) is 5.58 Å². The summed E-state index contributed by atoms with van der Waals surface area (Å²) in [5, 5.41) is 0.816. The molecule has 0 amide bonds. The first-order valence-electron chi connectivity index (χ1n) is 7.53. The number of aryl methyl sites for hydroxylation is 1. The maximum Gasteiger partial charge on any atom is 0.338 e. The summed E-state index contributed by atoms with van der Waals surface area (Å²) in [6.07, 6.45) is 8.73. The molecule has 3 nitrogen and oxygen atoms in total. The Morgan fingerprint density at radius 2 is 1.80 bits per heavy atom. The molecule has 0 aliphatic rings. The number of hydrogen-bond acceptors (Lipinski definition) is 3. The SMILES string of the molecule is CCCCCCCCc1ccc2c(N)cc(=O)oc2c1. The molecule has 1 heterocycles. The molecule has 3 heteroatoms. The molecule has 0 aliphatic heterocycles. The molecule has 0 saturated heterocycles. The van der Waals surface area contributed by atoms with Crippen LogP contribution < -0.4 is 11.4 Å². The van der Waals surface area contributed by atoms with Crippen molar-refractivity contribution in [2.24, 2.45) is 0 Å². The molecule has 0 atom stereocenters. The van der Waals surface area contributed by atoms with E-state index in [9.17, 15) is 4.79 Å². The van der Waals surface area contributed by atoms with Gasteiger partial charge in [0.05, 0.1) is 0 Å². The van der Waals surface area contributed by atoms with Crippen LogP contribution in [0.3, 0.4) is 0 Å². The Morgan fingerprint density at radius 3 is 2.60 bits per heavy atom. The first kappa shape index (κ1) is 14.6. The maximum atomic E-state index is 11.3. The van der Waals surface area contributed by atoms with Crippen molar-refractivity contribution < 1.29 is 4.42 Å². The second kappa shape index (κ2) is 7.13. The summed E-state index contributed by atoms with van der Waals surface area (Å²) in [6, 6.07) is 7.29. The van der Waals surface area contributed by atoms with Gasteiger partial charge < -0.3 is 10.2 Å². The predicted octanol–water partition coefficient (Wildman–Crippen LogP) is 4.28. The Hall–Kier alpha value is -1.77. The molecular formula is C17H23NO2. The summed E-state index contributed by atoms with van der Waals surface area (Å²) in [5.74, 6) is 0. The zero-order valence-electron chi connectivity index (χ0n) is 12.2. The van der Waals surface area contributed by atoms with E-state index in [0.717, 1.165) is 11.8 Å². The van der Waals surface area contributed by atoms with Crippen molar-refractivity contribution in [2.75, 3.05) is 5.73 Å². The van der Waals surface area contributed by atoms with Crippen LogP contribution in [0.5, 0.6) is 0 Å². The molecule has 108 valence electrons. The van der Waals surface area contributed by atoms with E-state index in [1.54, 1.807) is 0 Å². The zero-order valence-corrected chi connectivity index (χ0v) is 12.2. The highest BCUT2D eigenvalue weighted by molar-refractivity contribution is 5.88. The molecule has 1 aromatic heterocycles. The first-order valence-corrected chi connectivity index (χ1v) is 7.53. The summed E-state index contributed by atoms with van der Waals surface area (Å²) in [7, 11) is 0. The number of rotatable bonds is 7. The van der Waals surface area contributed by atoms with E-state index in [1.165, 1.54) is 50.2 Å². The molecule has 1 aromatic carbocycles. The lowest BCUT2D eigenvalue weighted by Crippen LogP contribution is -2.00. The number of fused-ring (bicyclic) bond motifs is 1. The third-order valence-electron chi connectivity index (χ3n) is 3.66. The minimum Gasteiger partial charge on any atom is -0.423 e. The van der Waals surface area contributed by atoms with Crippen LogP contribution in [-0.4, -0.2) is 0 Å². The molecule has 2 aromatic rings. The predicted molar refractivity (Wildman–Crippen MR) is 84.0 cm³/mol. The lowest BCUT2D eigenvalue weighted by atomic mass is 10.0.